The first kappa shape index (κ1) is 11.1. The molecule has 0 heterocycles. The van der Waals surface area contributed by atoms with Gasteiger partial charge in [0.15, 0.2) is 3.79 Å². The van der Waals surface area contributed by atoms with Gasteiger partial charge in [-0.3, -0.25) is 10.1 Å². The van der Waals surface area contributed by atoms with Gasteiger partial charge in [0.05, 0.1) is 5.92 Å². The van der Waals surface area contributed by atoms with Gasteiger partial charge < -0.3 is 0 Å². The first-order valence-corrected chi connectivity index (χ1v) is 4.91. The molecule has 0 aliphatic heterocycles. The largest absolute Gasteiger partial charge is 0.264 e. The van der Waals surface area contributed by atoms with E-state index in [1.165, 1.54) is 0 Å². The van der Waals surface area contributed by atoms with Gasteiger partial charge in [-0.1, -0.05) is 47.0 Å². The molecule has 0 unspecified atom stereocenters. The molecule has 13 heavy (non-hydrogen) atoms. The number of rotatable bonds is 1. The van der Waals surface area contributed by atoms with Crippen molar-refractivity contribution in [2.75, 3.05) is 0 Å². The average Bonchev–Trinajstić information content (AvgIpc) is 2.03. The highest BCUT2D eigenvalue weighted by Crippen LogP contribution is 2.42. The summed E-state index contributed by atoms with van der Waals surface area (Å²) in [6.45, 7) is 0. The maximum absolute atomic E-state index is 10.6. The second-order valence-electron chi connectivity index (χ2n) is 2.94. The zero-order valence-corrected chi connectivity index (χ0v) is 8.89. The van der Waals surface area contributed by atoms with E-state index in [4.69, 9.17) is 34.8 Å². The fourth-order valence-electron chi connectivity index (χ4n) is 1.38. The smallest absolute Gasteiger partial charge is 0.223 e. The van der Waals surface area contributed by atoms with E-state index in [0.717, 1.165) is 0 Å². The minimum atomic E-state index is -1.55. The predicted octanol–water partition coefficient (Wildman–Crippen LogP) is 2.97. The van der Waals surface area contributed by atoms with E-state index in [0.29, 0.717) is 12.8 Å². The number of halogens is 3. The van der Waals surface area contributed by atoms with E-state index in [-0.39, 0.29) is 4.92 Å². The summed E-state index contributed by atoms with van der Waals surface area (Å²) >= 11 is 16.9. The minimum absolute atomic E-state index is 0.339. The Morgan fingerprint density at radius 2 is 1.85 bits per heavy atom. The van der Waals surface area contributed by atoms with Crippen LogP contribution >= 0.6 is 34.8 Å². The first-order valence-electron chi connectivity index (χ1n) is 3.78. The normalized spacial score (nSPS) is 28.8. The van der Waals surface area contributed by atoms with E-state index in [9.17, 15) is 10.1 Å². The third kappa shape index (κ3) is 2.73. The zero-order chi connectivity index (χ0) is 10.1. The highest BCUT2D eigenvalue weighted by atomic mass is 35.6. The molecule has 6 heteroatoms. The standard InChI is InChI=1S/C7H8Cl3NO2/c8-7(9,10)5-3-1-2-4-6(5)11(12)13/h1-2,5-6H,3-4H2/t5-,6+/m0/s1. The van der Waals surface area contributed by atoms with Crippen LogP contribution < -0.4 is 0 Å². The van der Waals surface area contributed by atoms with E-state index in [1.54, 1.807) is 6.08 Å². The number of hydrogen-bond donors (Lipinski definition) is 0. The molecule has 0 aromatic carbocycles. The number of nitro groups is 1. The molecular weight excluding hydrogens is 236 g/mol. The van der Waals surface area contributed by atoms with Crippen molar-refractivity contribution < 1.29 is 4.92 Å². The van der Waals surface area contributed by atoms with Crippen LogP contribution in [-0.2, 0) is 0 Å². The van der Waals surface area contributed by atoms with Gasteiger partial charge in [-0.05, 0) is 6.42 Å². The Morgan fingerprint density at radius 1 is 1.31 bits per heavy atom. The van der Waals surface area contributed by atoms with Crippen LogP contribution in [0.2, 0.25) is 0 Å². The lowest BCUT2D eigenvalue weighted by molar-refractivity contribution is -0.531. The van der Waals surface area contributed by atoms with Crippen LogP contribution in [0.3, 0.4) is 0 Å². The third-order valence-electron chi connectivity index (χ3n) is 2.09. The van der Waals surface area contributed by atoms with Crippen molar-refractivity contribution in [3.63, 3.8) is 0 Å². The van der Waals surface area contributed by atoms with Crippen molar-refractivity contribution in [3.8, 4) is 0 Å². The van der Waals surface area contributed by atoms with Crippen molar-refractivity contribution in [2.45, 2.75) is 22.7 Å². The van der Waals surface area contributed by atoms with Crippen LogP contribution in [0.1, 0.15) is 12.8 Å². The monoisotopic (exact) mass is 243 g/mol. The van der Waals surface area contributed by atoms with Gasteiger partial charge in [-0.15, -0.1) is 0 Å². The van der Waals surface area contributed by atoms with Gasteiger partial charge in [-0.2, -0.15) is 0 Å². The Kier molecular flexibility index (Phi) is 3.44. The summed E-state index contributed by atoms with van der Waals surface area (Å²) in [5, 5.41) is 10.6. The van der Waals surface area contributed by atoms with Gasteiger partial charge in [0.2, 0.25) is 6.04 Å². The van der Waals surface area contributed by atoms with Crippen LogP contribution in [0.25, 0.3) is 0 Å². The summed E-state index contributed by atoms with van der Waals surface area (Å²) in [4.78, 5) is 10.2. The summed E-state index contributed by atoms with van der Waals surface area (Å²) in [6.07, 6.45) is 4.35. The molecule has 2 atom stereocenters. The molecule has 0 aromatic heterocycles. The average molecular weight is 245 g/mol. The van der Waals surface area contributed by atoms with Gasteiger partial charge >= 0.3 is 0 Å². The van der Waals surface area contributed by atoms with Crippen LogP contribution in [0.4, 0.5) is 0 Å². The van der Waals surface area contributed by atoms with Gasteiger partial charge in [0.25, 0.3) is 0 Å². The Balaban J connectivity index is 2.81. The van der Waals surface area contributed by atoms with Crippen molar-refractivity contribution in [1.29, 1.82) is 0 Å². The SMILES string of the molecule is O=[N+]([O-])[C@@H]1CC=CC[C@@H]1C(Cl)(Cl)Cl. The molecule has 1 aliphatic rings. The van der Waals surface area contributed by atoms with Crippen LogP contribution in [-0.4, -0.2) is 14.8 Å². The maximum atomic E-state index is 10.6. The molecule has 3 nitrogen and oxygen atoms in total. The van der Waals surface area contributed by atoms with E-state index >= 15 is 0 Å². The lowest BCUT2D eigenvalue weighted by Gasteiger charge is -2.27. The fraction of sp³-hybridized carbons (Fsp3) is 0.714. The van der Waals surface area contributed by atoms with E-state index in [2.05, 4.69) is 0 Å². The Hall–Kier alpha value is 0.01000. The summed E-state index contributed by atoms with van der Waals surface area (Å²) in [6, 6.07) is -0.780. The second-order valence-corrected chi connectivity index (χ2v) is 5.31. The first-order chi connectivity index (χ1) is 5.93. The predicted molar refractivity (Wildman–Crippen MR) is 52.9 cm³/mol. The number of alkyl halides is 3. The molecule has 0 spiro atoms. The lowest BCUT2D eigenvalue weighted by Crippen LogP contribution is -2.38. The number of nitrogens with zero attached hydrogens (tertiary/aromatic N) is 1. The molecule has 1 aliphatic carbocycles. The van der Waals surface area contributed by atoms with Crippen molar-refractivity contribution in [3.05, 3.63) is 22.3 Å². The van der Waals surface area contributed by atoms with Crippen molar-refractivity contribution in [1.82, 2.24) is 0 Å². The van der Waals surface area contributed by atoms with Crippen molar-refractivity contribution >= 4 is 34.8 Å². The molecule has 0 aromatic rings. The number of hydrogen-bond acceptors (Lipinski definition) is 2. The Labute approximate surface area is 90.8 Å². The zero-order valence-electron chi connectivity index (χ0n) is 6.62. The quantitative estimate of drug-likeness (QED) is 0.308. The molecule has 0 saturated carbocycles. The topological polar surface area (TPSA) is 43.1 Å². The molecule has 0 amide bonds. The lowest BCUT2D eigenvalue weighted by atomic mass is 9.91. The van der Waals surface area contributed by atoms with Crippen LogP contribution in [0.5, 0.6) is 0 Å². The van der Waals surface area contributed by atoms with Crippen LogP contribution in [0, 0.1) is 16.0 Å². The number of allylic oxidation sites excluding steroid dienone is 1. The van der Waals surface area contributed by atoms with E-state index < -0.39 is 15.8 Å². The third-order valence-corrected chi connectivity index (χ3v) is 2.93. The Bertz CT molecular complexity index is 236. The molecule has 0 N–H and O–H groups in total. The minimum Gasteiger partial charge on any atom is -0.264 e. The molecule has 1 rings (SSSR count). The molecule has 0 saturated heterocycles. The molecule has 0 fully saturated rings. The van der Waals surface area contributed by atoms with Gasteiger partial charge in [0.1, 0.15) is 0 Å². The molecular formula is C7H8Cl3NO2. The Morgan fingerprint density at radius 3 is 2.23 bits per heavy atom. The molecule has 0 bridgehead atoms. The summed E-state index contributed by atoms with van der Waals surface area (Å²) in [7, 11) is 0. The van der Waals surface area contributed by atoms with Gasteiger partial charge in [0, 0.05) is 11.3 Å². The van der Waals surface area contributed by atoms with Crippen molar-refractivity contribution in [2.24, 2.45) is 5.92 Å². The summed E-state index contributed by atoms with van der Waals surface area (Å²) < 4.78 is -1.55. The summed E-state index contributed by atoms with van der Waals surface area (Å²) in [5.41, 5.74) is 0. The summed E-state index contributed by atoms with van der Waals surface area (Å²) in [5.74, 6) is -0.530. The van der Waals surface area contributed by atoms with Gasteiger partial charge in [-0.25, -0.2) is 0 Å². The second kappa shape index (κ2) is 4.03. The fourth-order valence-corrected chi connectivity index (χ4v) is 2.09. The maximum Gasteiger partial charge on any atom is 0.223 e. The molecule has 74 valence electrons. The molecule has 0 radical (unpaired) electrons. The van der Waals surface area contributed by atoms with E-state index in [1.807, 2.05) is 6.08 Å². The highest BCUT2D eigenvalue weighted by Gasteiger charge is 2.44. The highest BCUT2D eigenvalue weighted by molar-refractivity contribution is 6.67. The van der Waals surface area contributed by atoms with Crippen LogP contribution in [0.15, 0.2) is 12.2 Å².